The maximum atomic E-state index is 6.53. The summed E-state index contributed by atoms with van der Waals surface area (Å²) in [4.78, 5) is 11.0. The van der Waals surface area contributed by atoms with E-state index in [9.17, 15) is 0 Å². The van der Waals surface area contributed by atoms with E-state index in [4.69, 9.17) is 18.8 Å². The molecular formula is C50H30N2O2. The van der Waals surface area contributed by atoms with Gasteiger partial charge in [0.05, 0.1) is 11.4 Å². The highest BCUT2D eigenvalue weighted by atomic mass is 16.3. The average Bonchev–Trinajstić information content (AvgIpc) is 3.80. The summed E-state index contributed by atoms with van der Waals surface area (Å²) in [6.07, 6.45) is 6.23. The fourth-order valence-corrected chi connectivity index (χ4v) is 8.05. The molecule has 54 heavy (non-hydrogen) atoms. The molecule has 0 saturated carbocycles. The van der Waals surface area contributed by atoms with Gasteiger partial charge in [-0.15, -0.1) is 0 Å². The van der Waals surface area contributed by atoms with Crippen molar-refractivity contribution in [1.82, 2.24) is 0 Å². The van der Waals surface area contributed by atoms with Crippen LogP contribution in [-0.4, -0.2) is 11.5 Å². The molecule has 0 atom stereocenters. The van der Waals surface area contributed by atoms with Crippen LogP contribution in [0.3, 0.4) is 0 Å². The Morgan fingerprint density at radius 3 is 1.91 bits per heavy atom. The van der Waals surface area contributed by atoms with Gasteiger partial charge in [0.2, 0.25) is 0 Å². The van der Waals surface area contributed by atoms with E-state index in [2.05, 4.69) is 133 Å². The molecule has 0 aliphatic carbocycles. The Bertz CT molecular complexity index is 3270. The maximum absolute atomic E-state index is 6.53. The first-order valence-electron chi connectivity index (χ1n) is 18.2. The van der Waals surface area contributed by atoms with Crippen LogP contribution >= 0.6 is 0 Å². The average molecular weight is 691 g/mol. The van der Waals surface area contributed by atoms with Gasteiger partial charge in [0.15, 0.2) is 5.84 Å². The first-order chi connectivity index (χ1) is 26.8. The highest BCUT2D eigenvalue weighted by molar-refractivity contribution is 6.28. The standard InChI is InChI=1S/C50H30N2O2/c1-2-13-32(14-3-1)41-19-11-20-42(34-26-27-36-33(30-34)25-24-31-12-4-5-15-35(31)36)52-50(51-41)49-38(28-29-46-48(49)40-17-7-9-22-44(40)54-46)37-18-10-23-45-47(37)39-16-6-8-21-43(39)53-45/h1-30H. The van der Waals surface area contributed by atoms with E-state index in [-0.39, 0.29) is 0 Å². The molecule has 10 aromatic rings. The molecule has 0 bridgehead atoms. The SMILES string of the molecule is C1=CC(c2ccccc2)=NC(c2c(-c3cccc4oc5ccccc5c34)ccc3oc4ccccc4c23)=NC(c2ccc3c(ccc4ccccc43)c2)=C1. The summed E-state index contributed by atoms with van der Waals surface area (Å²) in [6, 6.07) is 56.8. The van der Waals surface area contributed by atoms with E-state index in [1.165, 1.54) is 16.2 Å². The smallest absolute Gasteiger partial charge is 0.161 e. The van der Waals surface area contributed by atoms with Crippen LogP contribution in [0.25, 0.3) is 82.2 Å². The zero-order valence-corrected chi connectivity index (χ0v) is 29.0. The lowest BCUT2D eigenvalue weighted by molar-refractivity contribution is 0.669. The third-order valence-electron chi connectivity index (χ3n) is 10.5. The van der Waals surface area contributed by atoms with Crippen LogP contribution < -0.4 is 0 Å². The number of hydrogen-bond acceptors (Lipinski definition) is 4. The number of fused-ring (bicyclic) bond motifs is 9. The second-order valence-electron chi connectivity index (χ2n) is 13.7. The van der Waals surface area contributed by atoms with Crippen LogP contribution in [0, 0.1) is 0 Å². The minimum atomic E-state index is 0.597. The lowest BCUT2D eigenvalue weighted by Gasteiger charge is -2.16. The number of aliphatic imine (C=N–C) groups is 2. The number of amidine groups is 1. The zero-order chi connectivity index (χ0) is 35.6. The van der Waals surface area contributed by atoms with Gasteiger partial charge in [-0.3, -0.25) is 0 Å². The van der Waals surface area contributed by atoms with Crippen molar-refractivity contribution in [3.05, 3.63) is 199 Å². The second kappa shape index (κ2) is 12.1. The molecule has 0 saturated heterocycles. The van der Waals surface area contributed by atoms with E-state index in [0.29, 0.717) is 5.84 Å². The molecule has 2 aromatic heterocycles. The third kappa shape index (κ3) is 4.85. The lowest BCUT2D eigenvalue weighted by Crippen LogP contribution is -2.08. The molecule has 1 aliphatic rings. The van der Waals surface area contributed by atoms with Crippen molar-refractivity contribution < 1.29 is 8.83 Å². The lowest BCUT2D eigenvalue weighted by atomic mass is 9.91. The topological polar surface area (TPSA) is 51.0 Å². The normalized spacial score (nSPS) is 13.4. The van der Waals surface area contributed by atoms with Crippen molar-refractivity contribution in [2.75, 3.05) is 0 Å². The number of rotatable bonds is 4. The molecule has 0 radical (unpaired) electrons. The van der Waals surface area contributed by atoms with Gasteiger partial charge in [0.25, 0.3) is 0 Å². The van der Waals surface area contributed by atoms with Gasteiger partial charge in [-0.1, -0.05) is 133 Å². The minimum Gasteiger partial charge on any atom is -0.456 e. The molecule has 252 valence electrons. The summed E-state index contributed by atoms with van der Waals surface area (Å²) < 4.78 is 12.9. The van der Waals surface area contributed by atoms with E-state index >= 15 is 0 Å². The van der Waals surface area contributed by atoms with Gasteiger partial charge < -0.3 is 8.83 Å². The quantitative estimate of drug-likeness (QED) is 0.173. The monoisotopic (exact) mass is 690 g/mol. The summed E-state index contributed by atoms with van der Waals surface area (Å²) in [5, 5.41) is 8.92. The van der Waals surface area contributed by atoms with E-state index in [0.717, 1.165) is 88.5 Å². The van der Waals surface area contributed by atoms with Crippen molar-refractivity contribution in [3.8, 4) is 11.1 Å². The molecule has 3 heterocycles. The summed E-state index contributed by atoms with van der Waals surface area (Å²) in [5.41, 5.74) is 9.85. The largest absolute Gasteiger partial charge is 0.456 e. The fraction of sp³-hybridized carbons (Fsp3) is 0. The van der Waals surface area contributed by atoms with Gasteiger partial charge in [0.1, 0.15) is 22.3 Å². The molecule has 4 heteroatoms. The van der Waals surface area contributed by atoms with Gasteiger partial charge in [-0.25, -0.2) is 9.98 Å². The van der Waals surface area contributed by atoms with E-state index in [1.54, 1.807) is 0 Å². The summed E-state index contributed by atoms with van der Waals surface area (Å²) in [6.45, 7) is 0. The van der Waals surface area contributed by atoms with Crippen molar-refractivity contribution in [2.24, 2.45) is 9.98 Å². The highest BCUT2D eigenvalue weighted by Gasteiger charge is 2.24. The van der Waals surface area contributed by atoms with E-state index < -0.39 is 0 Å². The molecule has 4 nitrogen and oxygen atoms in total. The Hall–Kier alpha value is -7.30. The number of allylic oxidation sites excluding steroid dienone is 3. The molecule has 0 N–H and O–H groups in total. The van der Waals surface area contributed by atoms with Crippen LogP contribution in [0.5, 0.6) is 0 Å². The van der Waals surface area contributed by atoms with Crippen LogP contribution in [0.4, 0.5) is 0 Å². The fourth-order valence-electron chi connectivity index (χ4n) is 8.05. The number of nitrogens with zero attached hydrogens (tertiary/aromatic N) is 2. The Labute approximate surface area is 310 Å². The van der Waals surface area contributed by atoms with Gasteiger partial charge in [-0.2, -0.15) is 0 Å². The Balaban J connectivity index is 1.22. The third-order valence-corrected chi connectivity index (χ3v) is 10.5. The predicted octanol–water partition coefficient (Wildman–Crippen LogP) is 13.3. The van der Waals surface area contributed by atoms with Crippen LogP contribution in [0.1, 0.15) is 16.7 Å². The van der Waals surface area contributed by atoms with Crippen molar-refractivity contribution >= 4 is 82.7 Å². The van der Waals surface area contributed by atoms with Crippen molar-refractivity contribution in [3.63, 3.8) is 0 Å². The Kier molecular flexibility index (Phi) is 6.82. The van der Waals surface area contributed by atoms with Crippen LogP contribution in [-0.2, 0) is 0 Å². The van der Waals surface area contributed by atoms with Gasteiger partial charge in [-0.05, 0) is 81.2 Å². The maximum Gasteiger partial charge on any atom is 0.161 e. The summed E-state index contributed by atoms with van der Waals surface area (Å²) in [7, 11) is 0. The minimum absolute atomic E-state index is 0.597. The Morgan fingerprint density at radius 2 is 1.07 bits per heavy atom. The molecule has 0 unspecified atom stereocenters. The molecule has 8 aromatic carbocycles. The second-order valence-corrected chi connectivity index (χ2v) is 13.7. The molecule has 11 rings (SSSR count). The predicted molar refractivity (Wildman–Crippen MR) is 225 cm³/mol. The van der Waals surface area contributed by atoms with Gasteiger partial charge >= 0.3 is 0 Å². The molecule has 0 fully saturated rings. The molecular weight excluding hydrogens is 661 g/mol. The number of benzene rings is 8. The van der Waals surface area contributed by atoms with Crippen molar-refractivity contribution in [2.45, 2.75) is 0 Å². The first kappa shape index (κ1) is 30.3. The highest BCUT2D eigenvalue weighted by Crippen LogP contribution is 2.43. The van der Waals surface area contributed by atoms with Crippen LogP contribution in [0.15, 0.2) is 201 Å². The van der Waals surface area contributed by atoms with E-state index in [1.807, 2.05) is 48.5 Å². The summed E-state index contributed by atoms with van der Waals surface area (Å²) in [5.74, 6) is 0.597. The molecule has 1 aliphatic heterocycles. The zero-order valence-electron chi connectivity index (χ0n) is 29.0. The van der Waals surface area contributed by atoms with Gasteiger partial charge in [0, 0.05) is 38.2 Å². The Morgan fingerprint density at radius 1 is 0.407 bits per heavy atom. The first-order valence-corrected chi connectivity index (χ1v) is 18.2. The van der Waals surface area contributed by atoms with Crippen molar-refractivity contribution in [1.29, 1.82) is 0 Å². The number of para-hydroxylation sites is 2. The molecule has 0 amide bonds. The number of hydrogen-bond donors (Lipinski definition) is 0. The van der Waals surface area contributed by atoms with Crippen LogP contribution in [0.2, 0.25) is 0 Å². The molecule has 0 spiro atoms. The summed E-state index contributed by atoms with van der Waals surface area (Å²) >= 11 is 0. The number of furan rings is 2.